The SMILES string of the molecule is CCCNCc1nnc(Oc2ccc(C)c(C)c2)s1. The molecule has 1 aromatic carbocycles. The molecular formula is C14H19N3OS. The van der Waals surface area contributed by atoms with Gasteiger partial charge in [0.25, 0.3) is 5.19 Å². The lowest BCUT2D eigenvalue weighted by molar-refractivity contribution is 0.472. The van der Waals surface area contributed by atoms with Gasteiger partial charge in [0.15, 0.2) is 0 Å². The molecule has 2 rings (SSSR count). The molecule has 0 atom stereocenters. The summed E-state index contributed by atoms with van der Waals surface area (Å²) in [6.45, 7) is 8.04. The standard InChI is InChI=1S/C14H19N3OS/c1-4-7-15-9-13-16-17-14(19-13)18-12-6-5-10(2)11(3)8-12/h5-6,8,15H,4,7,9H2,1-3H3. The monoisotopic (exact) mass is 277 g/mol. The van der Waals surface area contributed by atoms with Crippen LogP contribution in [0.25, 0.3) is 0 Å². The smallest absolute Gasteiger partial charge is 0.299 e. The maximum atomic E-state index is 5.72. The molecule has 19 heavy (non-hydrogen) atoms. The summed E-state index contributed by atoms with van der Waals surface area (Å²) in [6, 6.07) is 6.03. The first-order chi connectivity index (χ1) is 9.19. The summed E-state index contributed by atoms with van der Waals surface area (Å²) in [4.78, 5) is 0. The van der Waals surface area contributed by atoms with Crippen LogP contribution < -0.4 is 10.1 Å². The second-order valence-electron chi connectivity index (χ2n) is 4.49. The Morgan fingerprint density at radius 2 is 2.05 bits per heavy atom. The number of nitrogens with one attached hydrogen (secondary N) is 1. The van der Waals surface area contributed by atoms with Crippen LogP contribution in [0.5, 0.6) is 10.9 Å². The molecular weight excluding hydrogens is 258 g/mol. The van der Waals surface area contributed by atoms with Gasteiger partial charge in [-0.2, -0.15) is 0 Å². The normalized spacial score (nSPS) is 10.7. The van der Waals surface area contributed by atoms with Crippen molar-refractivity contribution in [3.8, 4) is 10.9 Å². The highest BCUT2D eigenvalue weighted by atomic mass is 32.1. The van der Waals surface area contributed by atoms with Crippen LogP contribution >= 0.6 is 11.3 Å². The van der Waals surface area contributed by atoms with Gasteiger partial charge in [-0.15, -0.1) is 5.10 Å². The zero-order chi connectivity index (χ0) is 13.7. The van der Waals surface area contributed by atoms with Crippen molar-refractivity contribution in [2.75, 3.05) is 6.54 Å². The molecule has 0 saturated carbocycles. The Bertz CT molecular complexity index is 539. The van der Waals surface area contributed by atoms with Crippen molar-refractivity contribution in [2.24, 2.45) is 0 Å². The third-order valence-corrected chi connectivity index (χ3v) is 3.64. The molecule has 0 fully saturated rings. The molecule has 0 bridgehead atoms. The number of nitrogens with zero attached hydrogens (tertiary/aromatic N) is 2. The van der Waals surface area contributed by atoms with Crippen molar-refractivity contribution in [1.29, 1.82) is 0 Å². The van der Waals surface area contributed by atoms with Crippen LogP contribution in [0, 0.1) is 13.8 Å². The fourth-order valence-corrected chi connectivity index (χ4v) is 2.28. The van der Waals surface area contributed by atoms with Crippen LogP contribution in [0.15, 0.2) is 18.2 Å². The Hall–Kier alpha value is -1.46. The highest BCUT2D eigenvalue weighted by Gasteiger charge is 2.06. The molecule has 0 radical (unpaired) electrons. The summed E-state index contributed by atoms with van der Waals surface area (Å²) >= 11 is 1.48. The van der Waals surface area contributed by atoms with E-state index in [0.717, 1.165) is 30.3 Å². The van der Waals surface area contributed by atoms with Gasteiger partial charge >= 0.3 is 0 Å². The Labute approximate surface area is 117 Å². The summed E-state index contributed by atoms with van der Waals surface area (Å²) < 4.78 is 5.72. The van der Waals surface area contributed by atoms with Gasteiger partial charge in [0, 0.05) is 6.54 Å². The zero-order valence-corrected chi connectivity index (χ0v) is 12.4. The van der Waals surface area contributed by atoms with Crippen LogP contribution in [0.2, 0.25) is 0 Å². The second-order valence-corrected chi connectivity index (χ2v) is 5.51. The van der Waals surface area contributed by atoms with Crippen LogP contribution in [0.3, 0.4) is 0 Å². The van der Waals surface area contributed by atoms with Gasteiger partial charge < -0.3 is 10.1 Å². The maximum Gasteiger partial charge on any atom is 0.299 e. The van der Waals surface area contributed by atoms with Crippen molar-refractivity contribution in [3.63, 3.8) is 0 Å². The van der Waals surface area contributed by atoms with Crippen molar-refractivity contribution in [2.45, 2.75) is 33.7 Å². The molecule has 1 N–H and O–H groups in total. The van der Waals surface area contributed by atoms with Gasteiger partial charge in [0.2, 0.25) is 0 Å². The van der Waals surface area contributed by atoms with E-state index in [0.29, 0.717) is 5.19 Å². The van der Waals surface area contributed by atoms with Crippen LogP contribution in [-0.4, -0.2) is 16.7 Å². The summed E-state index contributed by atoms with van der Waals surface area (Å²) in [5.41, 5.74) is 2.47. The number of hydrogen-bond donors (Lipinski definition) is 1. The average molecular weight is 277 g/mol. The Morgan fingerprint density at radius 3 is 2.79 bits per heavy atom. The lowest BCUT2D eigenvalue weighted by Crippen LogP contribution is -2.13. The molecule has 1 aromatic heterocycles. The molecule has 102 valence electrons. The first-order valence-corrected chi connectivity index (χ1v) is 7.29. The molecule has 5 heteroatoms. The zero-order valence-electron chi connectivity index (χ0n) is 11.6. The van der Waals surface area contributed by atoms with Crippen LogP contribution in [0.4, 0.5) is 0 Å². The molecule has 0 aliphatic carbocycles. The average Bonchev–Trinajstić information content (AvgIpc) is 2.82. The Kier molecular flexibility index (Phi) is 4.87. The number of ether oxygens (including phenoxy) is 1. The fraction of sp³-hybridized carbons (Fsp3) is 0.429. The van der Waals surface area contributed by atoms with Gasteiger partial charge in [0.05, 0.1) is 0 Å². The molecule has 1 heterocycles. The van der Waals surface area contributed by atoms with Crippen molar-refractivity contribution < 1.29 is 4.74 Å². The molecule has 2 aromatic rings. The number of hydrogen-bond acceptors (Lipinski definition) is 5. The van der Waals surface area contributed by atoms with E-state index >= 15 is 0 Å². The van der Waals surface area contributed by atoms with E-state index in [1.54, 1.807) is 0 Å². The van der Waals surface area contributed by atoms with Gasteiger partial charge in [-0.3, -0.25) is 0 Å². The first kappa shape index (κ1) is 14.0. The maximum absolute atomic E-state index is 5.72. The molecule has 0 amide bonds. The highest BCUT2D eigenvalue weighted by Crippen LogP contribution is 2.26. The predicted octanol–water partition coefficient (Wildman–Crippen LogP) is 3.45. The summed E-state index contributed by atoms with van der Waals surface area (Å²) in [5, 5.41) is 13.0. The van der Waals surface area contributed by atoms with Crippen LogP contribution in [-0.2, 0) is 6.54 Å². The second kappa shape index (κ2) is 6.63. The third-order valence-electron chi connectivity index (χ3n) is 2.83. The van der Waals surface area contributed by atoms with Gasteiger partial charge in [0.1, 0.15) is 10.8 Å². The molecule has 0 unspecified atom stereocenters. The number of benzene rings is 1. The predicted molar refractivity (Wildman–Crippen MR) is 77.9 cm³/mol. The minimum atomic E-state index is 0.594. The lowest BCUT2D eigenvalue weighted by atomic mass is 10.1. The number of aryl methyl sites for hydroxylation is 2. The van der Waals surface area contributed by atoms with E-state index in [2.05, 4.69) is 42.4 Å². The molecule has 0 aliphatic heterocycles. The number of rotatable bonds is 6. The van der Waals surface area contributed by atoms with E-state index in [1.165, 1.54) is 22.5 Å². The number of aromatic nitrogens is 2. The summed E-state index contributed by atoms with van der Waals surface area (Å²) in [5.74, 6) is 0.812. The summed E-state index contributed by atoms with van der Waals surface area (Å²) in [7, 11) is 0. The molecule has 0 aliphatic rings. The topological polar surface area (TPSA) is 47.0 Å². The van der Waals surface area contributed by atoms with Gasteiger partial charge in [-0.05, 0) is 50.1 Å². The van der Waals surface area contributed by atoms with E-state index in [4.69, 9.17) is 4.74 Å². The Morgan fingerprint density at radius 1 is 1.21 bits per heavy atom. The Balaban J connectivity index is 1.97. The van der Waals surface area contributed by atoms with E-state index in [-0.39, 0.29) is 0 Å². The minimum absolute atomic E-state index is 0.594. The first-order valence-electron chi connectivity index (χ1n) is 6.47. The lowest BCUT2D eigenvalue weighted by Gasteiger charge is -2.04. The quantitative estimate of drug-likeness (QED) is 0.822. The van der Waals surface area contributed by atoms with E-state index in [9.17, 15) is 0 Å². The third kappa shape index (κ3) is 4.01. The molecule has 4 nitrogen and oxygen atoms in total. The van der Waals surface area contributed by atoms with Crippen LogP contribution in [0.1, 0.15) is 29.5 Å². The molecule has 0 spiro atoms. The van der Waals surface area contributed by atoms with Gasteiger partial charge in [-0.1, -0.05) is 29.4 Å². The van der Waals surface area contributed by atoms with E-state index in [1.807, 2.05) is 12.1 Å². The van der Waals surface area contributed by atoms with Crippen molar-refractivity contribution in [3.05, 3.63) is 34.3 Å². The van der Waals surface area contributed by atoms with Gasteiger partial charge in [-0.25, -0.2) is 0 Å². The molecule has 0 saturated heterocycles. The fourth-order valence-electron chi connectivity index (χ4n) is 1.60. The highest BCUT2D eigenvalue weighted by molar-refractivity contribution is 7.13. The van der Waals surface area contributed by atoms with Crippen molar-refractivity contribution in [1.82, 2.24) is 15.5 Å². The van der Waals surface area contributed by atoms with E-state index < -0.39 is 0 Å². The largest absolute Gasteiger partial charge is 0.430 e. The summed E-state index contributed by atoms with van der Waals surface area (Å²) in [6.07, 6.45) is 1.12. The minimum Gasteiger partial charge on any atom is -0.430 e. The van der Waals surface area contributed by atoms with Crippen molar-refractivity contribution >= 4 is 11.3 Å².